The molecule has 0 radical (unpaired) electrons. The molecule has 0 heterocycles. The van der Waals surface area contributed by atoms with E-state index in [0.29, 0.717) is 6.41 Å². The standard InChI is InChI=1S/C8H9NO.C8H11N/c1-7-2-4-8(5-3-7)9-6-10;1-7-3-5-8(9-2)6-4-7/h2-6H,1H3,(H,9,10);3-6,9H,1-2H3. The summed E-state index contributed by atoms with van der Waals surface area (Å²) < 4.78 is 0. The quantitative estimate of drug-likeness (QED) is 0.824. The highest BCUT2D eigenvalue weighted by molar-refractivity contribution is 5.70. The summed E-state index contributed by atoms with van der Waals surface area (Å²) in [5.74, 6) is 0. The first-order chi connectivity index (χ1) is 9.15. The molecule has 0 aromatic heterocycles. The number of benzene rings is 2. The van der Waals surface area contributed by atoms with E-state index in [9.17, 15) is 4.79 Å². The minimum atomic E-state index is 0.671. The molecule has 19 heavy (non-hydrogen) atoms. The Morgan fingerprint density at radius 3 is 1.58 bits per heavy atom. The summed E-state index contributed by atoms with van der Waals surface area (Å²) in [6.07, 6.45) is 0.671. The second-order valence-electron chi connectivity index (χ2n) is 4.24. The first-order valence-corrected chi connectivity index (χ1v) is 6.17. The monoisotopic (exact) mass is 256 g/mol. The van der Waals surface area contributed by atoms with Crippen molar-refractivity contribution in [3.8, 4) is 0 Å². The van der Waals surface area contributed by atoms with Crippen molar-refractivity contribution in [2.24, 2.45) is 0 Å². The molecule has 100 valence electrons. The summed E-state index contributed by atoms with van der Waals surface area (Å²) in [7, 11) is 1.92. The zero-order valence-electron chi connectivity index (χ0n) is 11.6. The van der Waals surface area contributed by atoms with Crippen LogP contribution >= 0.6 is 0 Å². The molecule has 1 amide bonds. The summed E-state index contributed by atoms with van der Waals surface area (Å²) in [6, 6.07) is 15.9. The van der Waals surface area contributed by atoms with E-state index >= 15 is 0 Å². The molecule has 2 rings (SSSR count). The lowest BCUT2D eigenvalue weighted by atomic mass is 10.2. The molecule has 2 aromatic carbocycles. The summed E-state index contributed by atoms with van der Waals surface area (Å²) in [5, 5.41) is 5.61. The Hall–Kier alpha value is -2.29. The molecule has 0 aliphatic heterocycles. The van der Waals surface area contributed by atoms with Crippen molar-refractivity contribution < 1.29 is 4.79 Å². The van der Waals surface area contributed by atoms with Crippen LogP contribution in [0.25, 0.3) is 0 Å². The second-order valence-corrected chi connectivity index (χ2v) is 4.24. The Kier molecular flexibility index (Phi) is 6.16. The Morgan fingerprint density at radius 1 is 0.789 bits per heavy atom. The number of rotatable bonds is 3. The highest BCUT2D eigenvalue weighted by Crippen LogP contribution is 2.07. The third-order valence-corrected chi connectivity index (χ3v) is 2.62. The van der Waals surface area contributed by atoms with Crippen LogP contribution in [0.4, 0.5) is 11.4 Å². The lowest BCUT2D eigenvalue weighted by Crippen LogP contribution is -1.92. The molecular weight excluding hydrogens is 236 g/mol. The minimum Gasteiger partial charge on any atom is -0.388 e. The Balaban J connectivity index is 0.000000191. The van der Waals surface area contributed by atoms with Crippen molar-refractivity contribution in [3.63, 3.8) is 0 Å². The van der Waals surface area contributed by atoms with E-state index in [1.165, 1.54) is 16.8 Å². The van der Waals surface area contributed by atoms with Crippen molar-refractivity contribution in [2.75, 3.05) is 17.7 Å². The molecule has 0 aliphatic carbocycles. The van der Waals surface area contributed by atoms with Crippen molar-refractivity contribution in [2.45, 2.75) is 13.8 Å². The van der Waals surface area contributed by atoms with Gasteiger partial charge in [0.05, 0.1) is 0 Å². The molecule has 3 nitrogen and oxygen atoms in total. The molecule has 0 saturated heterocycles. The second kappa shape index (κ2) is 7.93. The van der Waals surface area contributed by atoms with E-state index in [1.54, 1.807) is 0 Å². The van der Waals surface area contributed by atoms with Crippen LogP contribution in [0.2, 0.25) is 0 Å². The molecule has 0 saturated carbocycles. The number of carbonyl (C=O) groups excluding carboxylic acids is 1. The maximum Gasteiger partial charge on any atom is 0.211 e. The lowest BCUT2D eigenvalue weighted by molar-refractivity contribution is -0.105. The Morgan fingerprint density at radius 2 is 1.21 bits per heavy atom. The van der Waals surface area contributed by atoms with Crippen LogP contribution in [0.1, 0.15) is 11.1 Å². The van der Waals surface area contributed by atoms with Gasteiger partial charge >= 0.3 is 0 Å². The first-order valence-electron chi connectivity index (χ1n) is 6.17. The number of anilines is 2. The van der Waals surface area contributed by atoms with Gasteiger partial charge in [-0.05, 0) is 38.1 Å². The average molecular weight is 256 g/mol. The lowest BCUT2D eigenvalue weighted by Gasteiger charge is -1.97. The van der Waals surface area contributed by atoms with E-state index in [4.69, 9.17) is 0 Å². The fourth-order valence-corrected chi connectivity index (χ4v) is 1.44. The predicted octanol–water partition coefficient (Wildman–Crippen LogP) is 3.60. The third kappa shape index (κ3) is 5.73. The number of amides is 1. The van der Waals surface area contributed by atoms with E-state index in [0.717, 1.165) is 5.69 Å². The highest BCUT2D eigenvalue weighted by atomic mass is 16.1. The van der Waals surface area contributed by atoms with Gasteiger partial charge in [-0.2, -0.15) is 0 Å². The van der Waals surface area contributed by atoms with E-state index < -0.39 is 0 Å². The Labute approximate surface area is 114 Å². The number of nitrogens with one attached hydrogen (secondary N) is 2. The van der Waals surface area contributed by atoms with E-state index in [-0.39, 0.29) is 0 Å². The Bertz CT molecular complexity index is 489. The smallest absolute Gasteiger partial charge is 0.211 e. The fraction of sp³-hybridized carbons (Fsp3) is 0.188. The first kappa shape index (κ1) is 14.8. The van der Waals surface area contributed by atoms with E-state index in [1.807, 2.05) is 38.2 Å². The van der Waals surface area contributed by atoms with Gasteiger partial charge in [0.1, 0.15) is 0 Å². The molecule has 2 N–H and O–H groups in total. The average Bonchev–Trinajstić information content (AvgIpc) is 2.43. The van der Waals surface area contributed by atoms with Gasteiger partial charge in [-0.3, -0.25) is 4.79 Å². The maximum absolute atomic E-state index is 9.95. The van der Waals surface area contributed by atoms with Crippen molar-refractivity contribution in [3.05, 3.63) is 59.7 Å². The normalized spacial score (nSPS) is 9.00. The molecule has 0 unspecified atom stereocenters. The molecule has 0 aliphatic rings. The third-order valence-electron chi connectivity index (χ3n) is 2.62. The molecule has 2 aromatic rings. The van der Waals surface area contributed by atoms with Gasteiger partial charge < -0.3 is 10.6 Å². The topological polar surface area (TPSA) is 41.1 Å². The van der Waals surface area contributed by atoms with Gasteiger partial charge in [-0.25, -0.2) is 0 Å². The van der Waals surface area contributed by atoms with Gasteiger partial charge in [0.2, 0.25) is 6.41 Å². The molecule has 0 fully saturated rings. The molecule has 0 spiro atoms. The molecule has 0 bridgehead atoms. The van der Waals surface area contributed by atoms with Crippen LogP contribution in [0.15, 0.2) is 48.5 Å². The maximum atomic E-state index is 9.95. The van der Waals surface area contributed by atoms with E-state index in [2.05, 4.69) is 41.8 Å². The number of hydrogen-bond donors (Lipinski definition) is 2. The van der Waals surface area contributed by atoms with Crippen LogP contribution in [-0.2, 0) is 4.79 Å². The molecular formula is C16H20N2O. The summed E-state index contributed by atoms with van der Waals surface area (Å²) in [4.78, 5) is 9.95. The van der Waals surface area contributed by atoms with Gasteiger partial charge in [0.15, 0.2) is 0 Å². The van der Waals surface area contributed by atoms with Gasteiger partial charge in [-0.15, -0.1) is 0 Å². The van der Waals surface area contributed by atoms with Gasteiger partial charge in [0, 0.05) is 18.4 Å². The van der Waals surface area contributed by atoms with Gasteiger partial charge in [0.25, 0.3) is 0 Å². The van der Waals surface area contributed by atoms with Crippen LogP contribution in [0.3, 0.4) is 0 Å². The SMILES string of the molecule is CNc1ccc(C)cc1.Cc1ccc(NC=O)cc1. The molecule has 3 heteroatoms. The van der Waals surface area contributed by atoms with Crippen LogP contribution in [0, 0.1) is 13.8 Å². The fourth-order valence-electron chi connectivity index (χ4n) is 1.44. The molecule has 0 atom stereocenters. The van der Waals surface area contributed by atoms with Gasteiger partial charge in [-0.1, -0.05) is 35.4 Å². The summed E-state index contributed by atoms with van der Waals surface area (Å²) >= 11 is 0. The number of hydrogen-bond acceptors (Lipinski definition) is 2. The number of carbonyl (C=O) groups is 1. The largest absolute Gasteiger partial charge is 0.388 e. The minimum absolute atomic E-state index is 0.671. The zero-order chi connectivity index (χ0) is 14.1. The summed E-state index contributed by atoms with van der Waals surface area (Å²) in [6.45, 7) is 4.09. The van der Waals surface area contributed by atoms with Crippen LogP contribution < -0.4 is 10.6 Å². The summed E-state index contributed by atoms with van der Waals surface area (Å²) in [5.41, 5.74) is 4.49. The van der Waals surface area contributed by atoms with Crippen LogP contribution in [-0.4, -0.2) is 13.5 Å². The van der Waals surface area contributed by atoms with Crippen LogP contribution in [0.5, 0.6) is 0 Å². The van der Waals surface area contributed by atoms with Crippen molar-refractivity contribution >= 4 is 17.8 Å². The van der Waals surface area contributed by atoms with Crippen molar-refractivity contribution in [1.82, 2.24) is 0 Å². The predicted molar refractivity (Wildman–Crippen MR) is 81.6 cm³/mol. The highest BCUT2D eigenvalue weighted by Gasteiger charge is 1.86. The van der Waals surface area contributed by atoms with Crippen molar-refractivity contribution in [1.29, 1.82) is 0 Å². The number of aryl methyl sites for hydroxylation is 2. The zero-order valence-corrected chi connectivity index (χ0v) is 11.6.